The van der Waals surface area contributed by atoms with Crippen LogP contribution in [0.1, 0.15) is 12.5 Å². The van der Waals surface area contributed by atoms with Gasteiger partial charge in [-0.15, -0.1) is 0 Å². The second-order valence-corrected chi connectivity index (χ2v) is 5.41. The third-order valence-electron chi connectivity index (χ3n) is 2.80. The third kappa shape index (κ3) is 3.24. The van der Waals surface area contributed by atoms with Crippen molar-refractivity contribution in [3.63, 3.8) is 0 Å². The highest BCUT2D eigenvalue weighted by Crippen LogP contribution is 2.38. The van der Waals surface area contributed by atoms with Crippen LogP contribution in [0.2, 0.25) is 0 Å². The first kappa shape index (κ1) is 15.1. The van der Waals surface area contributed by atoms with Gasteiger partial charge in [0.05, 0.1) is 16.8 Å². The van der Waals surface area contributed by atoms with Crippen LogP contribution in [0.3, 0.4) is 0 Å². The fourth-order valence-electron chi connectivity index (χ4n) is 1.91. The highest BCUT2D eigenvalue weighted by Gasteiger charge is 2.32. The van der Waals surface area contributed by atoms with Crippen LogP contribution in [0, 0.1) is 10.1 Å². The Kier molecular flexibility index (Phi) is 4.32. The number of carbonyl (C=O) groups excluding carboxylic acids is 2. The highest BCUT2D eigenvalue weighted by molar-refractivity contribution is 8.15. The number of nitro benzene ring substituents is 1. The van der Waals surface area contributed by atoms with Crippen LogP contribution in [0.5, 0.6) is 11.5 Å². The Morgan fingerprint density at radius 2 is 2.19 bits per heavy atom. The molecule has 1 heterocycles. The number of ether oxygens (including phenoxy) is 1. The molecule has 0 bridgehead atoms. The Morgan fingerprint density at radius 1 is 1.48 bits per heavy atom. The number of nitro groups is 1. The number of amides is 2. The molecule has 1 unspecified atom stereocenters. The lowest BCUT2D eigenvalue weighted by atomic mass is 10.1. The molecular weight excluding hydrogens is 300 g/mol. The number of imide groups is 1. The van der Waals surface area contributed by atoms with Crippen LogP contribution >= 0.6 is 11.8 Å². The largest absolute Gasteiger partial charge is 0.500 e. The molecule has 1 aliphatic rings. The van der Waals surface area contributed by atoms with Crippen molar-refractivity contribution in [2.24, 2.45) is 0 Å². The molecule has 9 heteroatoms. The maximum Gasteiger partial charge on any atom is 0.314 e. The summed E-state index contributed by atoms with van der Waals surface area (Å²) < 4.78 is 5.15. The number of hydrogen-bond acceptors (Lipinski definition) is 7. The Morgan fingerprint density at radius 3 is 2.71 bits per heavy atom. The zero-order chi connectivity index (χ0) is 15.6. The van der Waals surface area contributed by atoms with Crippen LogP contribution in [0.25, 0.3) is 0 Å². The van der Waals surface area contributed by atoms with E-state index in [4.69, 9.17) is 4.74 Å². The number of carbonyl (C=O) groups is 2. The van der Waals surface area contributed by atoms with E-state index >= 15 is 0 Å². The van der Waals surface area contributed by atoms with E-state index in [-0.39, 0.29) is 18.8 Å². The minimum Gasteiger partial charge on any atom is -0.500 e. The number of thioether (sulfide) groups is 1. The summed E-state index contributed by atoms with van der Waals surface area (Å²) in [6, 6.07) is 2.61. The van der Waals surface area contributed by atoms with E-state index in [0.717, 1.165) is 11.8 Å². The molecule has 21 heavy (non-hydrogen) atoms. The number of phenols is 1. The molecule has 1 aromatic rings. The predicted molar refractivity (Wildman–Crippen MR) is 74.6 cm³/mol. The minimum atomic E-state index is -0.728. The van der Waals surface area contributed by atoms with Gasteiger partial charge < -0.3 is 9.84 Å². The van der Waals surface area contributed by atoms with Crippen LogP contribution < -0.4 is 10.1 Å². The number of hydrogen-bond donors (Lipinski definition) is 2. The zero-order valence-corrected chi connectivity index (χ0v) is 11.8. The van der Waals surface area contributed by atoms with Gasteiger partial charge in [0.1, 0.15) is 0 Å². The van der Waals surface area contributed by atoms with Gasteiger partial charge in [-0.05, 0) is 25.0 Å². The van der Waals surface area contributed by atoms with Gasteiger partial charge in [-0.25, -0.2) is 0 Å². The third-order valence-corrected chi connectivity index (χ3v) is 3.78. The normalized spacial score (nSPS) is 17.7. The zero-order valence-electron chi connectivity index (χ0n) is 11.0. The summed E-state index contributed by atoms with van der Waals surface area (Å²) >= 11 is 0.833. The van der Waals surface area contributed by atoms with Crippen LogP contribution in [-0.4, -0.2) is 33.0 Å². The second kappa shape index (κ2) is 6.00. The fourth-order valence-corrected chi connectivity index (χ4v) is 2.77. The topological polar surface area (TPSA) is 119 Å². The van der Waals surface area contributed by atoms with Crippen LogP contribution in [-0.2, 0) is 11.2 Å². The van der Waals surface area contributed by atoms with Crippen LogP contribution in [0.15, 0.2) is 12.1 Å². The fraction of sp³-hybridized carbons (Fsp3) is 0.333. The smallest absolute Gasteiger partial charge is 0.314 e. The van der Waals surface area contributed by atoms with Crippen molar-refractivity contribution in [2.75, 3.05) is 6.61 Å². The molecule has 0 saturated carbocycles. The number of phenolic OH excluding ortho intramolecular Hbond substituents is 1. The van der Waals surface area contributed by atoms with Crippen molar-refractivity contribution < 1.29 is 24.4 Å². The van der Waals surface area contributed by atoms with Crippen LogP contribution in [0.4, 0.5) is 10.5 Å². The van der Waals surface area contributed by atoms with E-state index in [1.807, 2.05) is 0 Å². The SMILES string of the molecule is CCOc1cc(CC2SC(=O)NC2=O)cc([N+](=O)[O-])c1O. The number of aromatic hydroxyl groups is 1. The molecule has 1 aromatic carbocycles. The molecule has 0 aromatic heterocycles. The first-order valence-corrected chi connectivity index (χ1v) is 6.95. The molecule has 0 aliphatic carbocycles. The molecule has 1 fully saturated rings. The van der Waals surface area contributed by atoms with E-state index in [9.17, 15) is 24.8 Å². The van der Waals surface area contributed by atoms with Gasteiger partial charge >= 0.3 is 5.69 Å². The lowest BCUT2D eigenvalue weighted by Crippen LogP contribution is -2.25. The predicted octanol–water partition coefficient (Wildman–Crippen LogP) is 1.59. The molecule has 0 radical (unpaired) electrons. The minimum absolute atomic E-state index is 0.0172. The molecule has 8 nitrogen and oxygen atoms in total. The van der Waals surface area contributed by atoms with Crippen molar-refractivity contribution >= 4 is 28.6 Å². The number of benzene rings is 1. The van der Waals surface area contributed by atoms with E-state index in [0.29, 0.717) is 5.56 Å². The summed E-state index contributed by atoms with van der Waals surface area (Å²) in [7, 11) is 0. The van der Waals surface area contributed by atoms with E-state index in [1.165, 1.54) is 12.1 Å². The number of nitrogens with one attached hydrogen (secondary N) is 1. The van der Waals surface area contributed by atoms with Gasteiger partial charge in [-0.2, -0.15) is 0 Å². The summed E-state index contributed by atoms with van der Waals surface area (Å²) in [5, 5.41) is 21.8. The van der Waals surface area contributed by atoms with Gasteiger partial charge in [-0.1, -0.05) is 11.8 Å². The second-order valence-electron chi connectivity index (χ2n) is 4.24. The molecule has 1 saturated heterocycles. The molecule has 2 amide bonds. The van der Waals surface area contributed by atoms with E-state index in [2.05, 4.69) is 5.32 Å². The van der Waals surface area contributed by atoms with Gasteiger partial charge in [0, 0.05) is 6.07 Å². The Bertz CT molecular complexity index is 618. The molecule has 0 spiro atoms. The number of nitrogens with zero attached hydrogens (tertiary/aromatic N) is 1. The summed E-state index contributed by atoms with van der Waals surface area (Å²) in [5.74, 6) is -1.000. The maximum absolute atomic E-state index is 11.5. The van der Waals surface area contributed by atoms with Gasteiger partial charge in [0.25, 0.3) is 5.24 Å². The average Bonchev–Trinajstić information content (AvgIpc) is 2.71. The lowest BCUT2D eigenvalue weighted by Gasteiger charge is -2.10. The molecule has 2 rings (SSSR count). The van der Waals surface area contributed by atoms with Crippen molar-refractivity contribution in [3.8, 4) is 11.5 Å². The quantitative estimate of drug-likeness (QED) is 0.626. The lowest BCUT2D eigenvalue weighted by molar-refractivity contribution is -0.386. The average molecular weight is 312 g/mol. The Balaban J connectivity index is 2.32. The Hall–Kier alpha value is -2.29. The summed E-state index contributed by atoms with van der Waals surface area (Å²) in [5.41, 5.74) is -0.0593. The monoisotopic (exact) mass is 312 g/mol. The molecular formula is C12H12N2O6S. The van der Waals surface area contributed by atoms with Crippen molar-refractivity contribution in [2.45, 2.75) is 18.6 Å². The van der Waals surface area contributed by atoms with E-state index < -0.39 is 32.8 Å². The van der Waals surface area contributed by atoms with Crippen molar-refractivity contribution in [1.82, 2.24) is 5.32 Å². The first-order chi connectivity index (χ1) is 9.92. The molecule has 1 atom stereocenters. The highest BCUT2D eigenvalue weighted by atomic mass is 32.2. The molecule has 112 valence electrons. The number of rotatable bonds is 5. The van der Waals surface area contributed by atoms with E-state index in [1.54, 1.807) is 6.92 Å². The maximum atomic E-state index is 11.5. The van der Waals surface area contributed by atoms with Crippen molar-refractivity contribution in [3.05, 3.63) is 27.8 Å². The molecule has 1 aliphatic heterocycles. The first-order valence-electron chi connectivity index (χ1n) is 6.07. The summed E-state index contributed by atoms with van der Waals surface area (Å²) in [4.78, 5) is 32.8. The Labute approximate surface area is 123 Å². The van der Waals surface area contributed by atoms with Crippen molar-refractivity contribution in [1.29, 1.82) is 0 Å². The summed E-state index contributed by atoms with van der Waals surface area (Å²) in [6.07, 6.45) is 0.128. The molecule has 2 N–H and O–H groups in total. The van der Waals surface area contributed by atoms with Gasteiger partial charge in [0.15, 0.2) is 5.75 Å². The summed E-state index contributed by atoms with van der Waals surface area (Å²) in [6.45, 7) is 1.90. The van der Waals surface area contributed by atoms with Gasteiger partial charge in [-0.3, -0.25) is 25.0 Å². The standard InChI is InChI=1S/C12H12N2O6S/c1-2-20-8-4-6(3-7(10(8)15)14(18)19)5-9-11(16)13-12(17)21-9/h3-4,9,15H,2,5H2,1H3,(H,13,16,17). The van der Waals surface area contributed by atoms with Gasteiger partial charge in [0.2, 0.25) is 11.7 Å².